The summed E-state index contributed by atoms with van der Waals surface area (Å²) >= 11 is 9.08. The van der Waals surface area contributed by atoms with Crippen molar-refractivity contribution in [1.82, 2.24) is 20.6 Å². The number of aromatic amines is 2. The molecule has 2 aliphatic heterocycles. The maximum Gasteiger partial charge on any atom is 0.303 e. The van der Waals surface area contributed by atoms with E-state index in [1.54, 1.807) is 0 Å². The molecule has 4 rings (SSSR count). The predicted octanol–water partition coefficient (Wildman–Crippen LogP) is 2.78. The molecule has 6 N–H and O–H groups in total. The molecule has 4 heterocycles. The zero-order valence-corrected chi connectivity index (χ0v) is 28.2. The number of aromatic nitrogens is 2. The van der Waals surface area contributed by atoms with E-state index in [9.17, 15) is 29.4 Å². The lowest BCUT2D eigenvalue weighted by Crippen LogP contribution is -2.29. The van der Waals surface area contributed by atoms with Gasteiger partial charge in [0.2, 0.25) is 11.8 Å². The van der Waals surface area contributed by atoms with Crippen molar-refractivity contribution in [2.75, 3.05) is 0 Å². The average molecular weight is 655 g/mol. The van der Waals surface area contributed by atoms with Crippen LogP contribution in [0.3, 0.4) is 0 Å². The number of hydrogen-bond acceptors (Lipinski definition) is 6. The lowest BCUT2D eigenvalue weighted by atomic mass is 9.91. The van der Waals surface area contributed by atoms with Crippen molar-refractivity contribution in [2.45, 2.75) is 83.8 Å². The van der Waals surface area contributed by atoms with Gasteiger partial charge in [-0.1, -0.05) is 13.8 Å². The monoisotopic (exact) mass is 654 g/mol. The highest BCUT2D eigenvalue weighted by Gasteiger charge is 2.37. The van der Waals surface area contributed by atoms with Crippen LogP contribution in [0.1, 0.15) is 74.2 Å². The van der Waals surface area contributed by atoms with Crippen LogP contribution < -0.4 is 21.3 Å². The number of amides is 2. The molecule has 12 heteroatoms. The first-order valence-electron chi connectivity index (χ1n) is 15.1. The van der Waals surface area contributed by atoms with Gasteiger partial charge in [-0.05, 0) is 86.6 Å². The van der Waals surface area contributed by atoms with Crippen molar-refractivity contribution in [2.24, 2.45) is 11.8 Å². The van der Waals surface area contributed by atoms with Gasteiger partial charge in [-0.2, -0.15) is 25.3 Å². The van der Waals surface area contributed by atoms with Gasteiger partial charge in [-0.25, -0.2) is 0 Å². The Bertz CT molecular complexity index is 1730. The van der Waals surface area contributed by atoms with Crippen molar-refractivity contribution in [3.63, 3.8) is 0 Å². The number of hydrogen-bond donors (Lipinski definition) is 8. The second-order valence-corrected chi connectivity index (χ2v) is 13.7. The molecule has 0 spiro atoms. The van der Waals surface area contributed by atoms with Crippen LogP contribution in [-0.2, 0) is 32.0 Å². The molecule has 0 radical (unpaired) electrons. The molecule has 242 valence electrons. The summed E-state index contributed by atoms with van der Waals surface area (Å²) < 4.78 is 0. The number of carboxylic acid groups (broad SMARTS) is 2. The van der Waals surface area contributed by atoms with E-state index < -0.39 is 11.9 Å². The fourth-order valence-electron chi connectivity index (χ4n) is 6.43. The lowest BCUT2D eigenvalue weighted by Gasteiger charge is -2.17. The highest BCUT2D eigenvalue weighted by Crippen LogP contribution is 2.34. The quantitative estimate of drug-likeness (QED) is 0.174. The molecule has 5 atom stereocenters. The van der Waals surface area contributed by atoms with Gasteiger partial charge >= 0.3 is 11.9 Å². The van der Waals surface area contributed by atoms with Crippen molar-refractivity contribution in [1.29, 1.82) is 0 Å². The zero-order chi connectivity index (χ0) is 33.3. The molecule has 0 aromatic carbocycles. The summed E-state index contributed by atoms with van der Waals surface area (Å²) in [4.78, 5) is 55.1. The molecule has 0 bridgehead atoms. The molecule has 45 heavy (non-hydrogen) atoms. The van der Waals surface area contributed by atoms with Crippen LogP contribution in [-0.4, -0.2) is 60.5 Å². The first kappa shape index (κ1) is 34.2. The third-order valence-electron chi connectivity index (χ3n) is 8.94. The Kier molecular flexibility index (Phi) is 10.5. The zero-order valence-electron chi connectivity index (χ0n) is 26.4. The maximum absolute atomic E-state index is 12.6. The van der Waals surface area contributed by atoms with Crippen molar-refractivity contribution >= 4 is 67.2 Å². The van der Waals surface area contributed by atoms with Crippen LogP contribution in [0.2, 0.25) is 0 Å². The standard InChI is InChI=1S/C33H42N4O6S2/c1-14-20(7-9-28(38)39)25(34-22(14)11-24-16(3)31(19(6)45)33(43)36-24)13-26-21(8-10-29(40)41)15(2)23(35-26)12-27-30(18(5)44)17(4)32(42)37-27/h11-13,17-19,24,30,34-35,44-45H,7-10H2,1-6H3,(H,36,43)(H,37,42)(H,38,39)(H,40,41)/b22-11+,25-13-,27-12-/t17-,18+,19-,24-,30+/m1/s1. The summed E-state index contributed by atoms with van der Waals surface area (Å²) in [5, 5.41) is 26.1. The molecule has 2 amide bonds. The van der Waals surface area contributed by atoms with Crippen molar-refractivity contribution in [3.8, 4) is 0 Å². The van der Waals surface area contributed by atoms with E-state index in [1.165, 1.54) is 0 Å². The number of aliphatic carboxylic acids is 2. The van der Waals surface area contributed by atoms with Gasteiger partial charge in [0.05, 0.1) is 6.04 Å². The van der Waals surface area contributed by atoms with Crippen LogP contribution in [0.25, 0.3) is 18.2 Å². The second kappa shape index (κ2) is 13.8. The summed E-state index contributed by atoms with van der Waals surface area (Å²) in [6.07, 6.45) is 6.11. The molecular formula is C33H42N4O6S2. The molecule has 0 saturated carbocycles. The number of thiol groups is 2. The summed E-state index contributed by atoms with van der Waals surface area (Å²) in [6.45, 7) is 11.4. The van der Waals surface area contributed by atoms with E-state index in [1.807, 2.05) is 59.8 Å². The Balaban J connectivity index is 1.89. The van der Waals surface area contributed by atoms with Gasteiger partial charge in [0.15, 0.2) is 0 Å². The van der Waals surface area contributed by atoms with Crippen LogP contribution in [0.15, 0.2) is 16.8 Å². The maximum atomic E-state index is 12.6. The minimum atomic E-state index is -0.922. The third-order valence-corrected chi connectivity index (χ3v) is 9.52. The molecule has 10 nitrogen and oxygen atoms in total. The Morgan fingerprint density at radius 1 is 0.889 bits per heavy atom. The normalized spacial score (nSPS) is 23.2. The molecule has 1 saturated heterocycles. The topological polar surface area (TPSA) is 164 Å². The van der Waals surface area contributed by atoms with Crippen molar-refractivity contribution < 1.29 is 29.4 Å². The highest BCUT2D eigenvalue weighted by atomic mass is 32.1. The van der Waals surface area contributed by atoms with Crippen LogP contribution in [0.4, 0.5) is 0 Å². The van der Waals surface area contributed by atoms with E-state index >= 15 is 0 Å². The number of carboxylic acids is 2. The summed E-state index contributed by atoms with van der Waals surface area (Å²) in [5.41, 5.74) is 7.05. The van der Waals surface area contributed by atoms with E-state index in [2.05, 4.69) is 45.9 Å². The van der Waals surface area contributed by atoms with Crippen LogP contribution >= 0.6 is 25.3 Å². The molecule has 2 aromatic heterocycles. The van der Waals surface area contributed by atoms with Gasteiger partial charge in [0, 0.05) is 68.5 Å². The summed E-state index contributed by atoms with van der Waals surface area (Å²) in [5.74, 6) is -2.41. The van der Waals surface area contributed by atoms with Crippen LogP contribution in [0, 0.1) is 25.7 Å². The predicted molar refractivity (Wildman–Crippen MR) is 181 cm³/mol. The fourth-order valence-corrected chi connectivity index (χ4v) is 7.17. The SMILES string of the molecule is CC1=C([C@@H](C)S)C(=O)N[C@@H]1/C=c1/[nH]/c(=C\c2[nH]c(/C=C3\NC(=O)[C@H](C)[C@H]3[C@H](C)S)c(C)c2CCC(=O)O)c(CCC(=O)O)c1C. The number of allylic oxidation sites excluding steroid dienone is 1. The Morgan fingerprint density at radius 2 is 1.51 bits per heavy atom. The van der Waals surface area contributed by atoms with Gasteiger partial charge in [0.25, 0.3) is 0 Å². The molecule has 2 aliphatic rings. The van der Waals surface area contributed by atoms with E-state index in [0.29, 0.717) is 16.6 Å². The molecule has 1 fully saturated rings. The van der Waals surface area contributed by atoms with Gasteiger partial charge < -0.3 is 30.8 Å². The minimum Gasteiger partial charge on any atom is -0.481 e. The molecule has 0 aliphatic carbocycles. The average Bonchev–Trinajstić information content (AvgIpc) is 3.59. The smallest absolute Gasteiger partial charge is 0.303 e. The van der Waals surface area contributed by atoms with E-state index in [4.69, 9.17) is 0 Å². The van der Waals surface area contributed by atoms with Crippen LogP contribution in [0.5, 0.6) is 0 Å². The van der Waals surface area contributed by atoms with Crippen molar-refractivity contribution in [3.05, 3.63) is 61.2 Å². The number of H-pyrrole nitrogens is 2. The Morgan fingerprint density at radius 3 is 2.07 bits per heavy atom. The number of carbonyl (C=O) groups is 4. The first-order valence-corrected chi connectivity index (χ1v) is 16.1. The summed E-state index contributed by atoms with van der Waals surface area (Å²) in [7, 11) is 0. The van der Waals surface area contributed by atoms with Gasteiger partial charge in [-0.3, -0.25) is 19.2 Å². The Hall–Kier alpha value is -3.64. The molecule has 2 aromatic rings. The third kappa shape index (κ3) is 7.27. The summed E-state index contributed by atoms with van der Waals surface area (Å²) in [6, 6.07) is -0.345. The lowest BCUT2D eigenvalue weighted by molar-refractivity contribution is -0.138. The van der Waals surface area contributed by atoms with E-state index in [0.717, 1.165) is 44.6 Å². The first-order chi connectivity index (χ1) is 21.1. The second-order valence-electron chi connectivity index (χ2n) is 12.1. The number of nitrogens with one attached hydrogen (secondary N) is 4. The minimum absolute atomic E-state index is 0.0672. The van der Waals surface area contributed by atoms with Gasteiger partial charge in [0.1, 0.15) is 0 Å². The number of carbonyl (C=O) groups excluding carboxylic acids is 2. The number of rotatable bonds is 11. The van der Waals surface area contributed by atoms with E-state index in [-0.39, 0.29) is 65.9 Å². The molecular weight excluding hydrogens is 613 g/mol. The molecule has 0 unspecified atom stereocenters. The Labute approximate surface area is 273 Å². The fraction of sp³-hybridized carbons (Fsp3) is 0.455. The largest absolute Gasteiger partial charge is 0.481 e. The highest BCUT2D eigenvalue weighted by molar-refractivity contribution is 7.81. The van der Waals surface area contributed by atoms with Gasteiger partial charge in [-0.15, -0.1) is 0 Å².